The van der Waals surface area contributed by atoms with Gasteiger partial charge in [0.2, 0.25) is 5.90 Å². The van der Waals surface area contributed by atoms with Gasteiger partial charge >= 0.3 is 5.97 Å². The molecule has 3 aromatic rings. The highest BCUT2D eigenvalue weighted by Crippen LogP contribution is 2.38. The number of aliphatic imine (C=N–C) groups is 1. The average molecular weight is 604 g/mol. The number of carbonyl (C=O) groups is 1. The van der Waals surface area contributed by atoms with Crippen LogP contribution in [0.5, 0.6) is 11.5 Å². The largest absolute Gasteiger partial charge is 0.493 e. The molecule has 5 nitrogen and oxygen atoms in total. The van der Waals surface area contributed by atoms with Crippen LogP contribution < -0.4 is 9.47 Å². The molecule has 0 radical (unpaired) electrons. The number of esters is 1. The number of hydrogen-bond acceptors (Lipinski definition) is 5. The van der Waals surface area contributed by atoms with E-state index >= 15 is 0 Å². The zero-order chi connectivity index (χ0) is 22.7. The topological polar surface area (TPSA) is 57.1 Å². The van der Waals surface area contributed by atoms with Crippen LogP contribution in [0.3, 0.4) is 0 Å². The van der Waals surface area contributed by atoms with E-state index in [0.29, 0.717) is 28.5 Å². The zero-order valence-corrected chi connectivity index (χ0v) is 21.1. The molecular weight excluding hydrogens is 585 g/mol. The monoisotopic (exact) mass is 603 g/mol. The molecule has 0 aromatic heterocycles. The van der Waals surface area contributed by atoms with Gasteiger partial charge in [0.1, 0.15) is 6.61 Å². The summed E-state index contributed by atoms with van der Waals surface area (Å²) in [5.74, 6) is 0.947. The molecule has 0 aliphatic carbocycles. The van der Waals surface area contributed by atoms with Crippen molar-refractivity contribution >= 4 is 56.5 Å². The number of carbonyl (C=O) groups excluding carboxylic acids is 1. The number of hydrogen-bond donors (Lipinski definition) is 0. The fourth-order valence-electron chi connectivity index (χ4n) is 3.16. The van der Waals surface area contributed by atoms with Crippen molar-refractivity contribution in [2.75, 3.05) is 7.11 Å². The predicted molar refractivity (Wildman–Crippen MR) is 136 cm³/mol. The Morgan fingerprint density at radius 2 is 1.91 bits per heavy atom. The van der Waals surface area contributed by atoms with E-state index in [0.717, 1.165) is 25.8 Å². The van der Waals surface area contributed by atoms with Gasteiger partial charge in [-0.15, -0.1) is 0 Å². The number of benzene rings is 3. The van der Waals surface area contributed by atoms with Gasteiger partial charge < -0.3 is 14.2 Å². The van der Waals surface area contributed by atoms with Gasteiger partial charge in [0, 0.05) is 9.13 Å². The van der Waals surface area contributed by atoms with Gasteiger partial charge in [-0.25, -0.2) is 9.79 Å². The number of methoxy groups -OCH3 is 1. The first kappa shape index (κ1) is 22.5. The SMILES string of the molecule is COc1cc(/C=C2\N=C(c3ccc(I)c(C)c3)OC2=O)cc(Br)c1OCc1ccccc1. The summed E-state index contributed by atoms with van der Waals surface area (Å²) in [6.45, 7) is 2.41. The Hall–Kier alpha value is -2.65. The number of rotatable bonds is 6. The lowest BCUT2D eigenvalue weighted by molar-refractivity contribution is -0.129. The lowest BCUT2D eigenvalue weighted by Crippen LogP contribution is -2.05. The van der Waals surface area contributed by atoms with Gasteiger partial charge in [-0.1, -0.05) is 30.3 Å². The molecule has 0 amide bonds. The lowest BCUT2D eigenvalue weighted by atomic mass is 10.1. The zero-order valence-electron chi connectivity index (χ0n) is 17.4. The Bertz CT molecular complexity index is 1240. The second-order valence-electron chi connectivity index (χ2n) is 7.11. The van der Waals surface area contributed by atoms with E-state index in [4.69, 9.17) is 14.2 Å². The van der Waals surface area contributed by atoms with Crippen LogP contribution in [0.25, 0.3) is 6.08 Å². The first-order valence-corrected chi connectivity index (χ1v) is 11.6. The number of ether oxygens (including phenoxy) is 3. The van der Waals surface area contributed by atoms with Crippen LogP contribution in [0.1, 0.15) is 22.3 Å². The van der Waals surface area contributed by atoms with E-state index in [-0.39, 0.29) is 5.70 Å². The summed E-state index contributed by atoms with van der Waals surface area (Å²) in [6.07, 6.45) is 1.67. The van der Waals surface area contributed by atoms with Crippen LogP contribution >= 0.6 is 38.5 Å². The van der Waals surface area contributed by atoms with Crippen molar-refractivity contribution in [2.45, 2.75) is 13.5 Å². The van der Waals surface area contributed by atoms with Crippen molar-refractivity contribution < 1.29 is 19.0 Å². The number of nitrogens with zero attached hydrogens (tertiary/aromatic N) is 1. The average Bonchev–Trinajstić information content (AvgIpc) is 3.15. The van der Waals surface area contributed by atoms with E-state index in [2.05, 4.69) is 43.5 Å². The maximum Gasteiger partial charge on any atom is 0.363 e. The van der Waals surface area contributed by atoms with E-state index in [9.17, 15) is 4.79 Å². The molecule has 0 spiro atoms. The molecule has 0 fully saturated rings. The molecule has 0 saturated heterocycles. The smallest absolute Gasteiger partial charge is 0.363 e. The molecule has 4 rings (SSSR count). The number of halogens is 2. The third kappa shape index (κ3) is 5.05. The summed E-state index contributed by atoms with van der Waals surface area (Å²) in [4.78, 5) is 16.8. The van der Waals surface area contributed by atoms with Crippen molar-refractivity contribution in [2.24, 2.45) is 4.99 Å². The van der Waals surface area contributed by atoms with Gasteiger partial charge in [-0.05, 0) is 98.5 Å². The Morgan fingerprint density at radius 1 is 1.12 bits per heavy atom. The summed E-state index contributed by atoms with van der Waals surface area (Å²) in [6, 6.07) is 19.4. The molecule has 7 heteroatoms. The fourth-order valence-corrected chi connectivity index (χ4v) is 4.07. The fraction of sp³-hybridized carbons (Fsp3) is 0.120. The predicted octanol–water partition coefficient (Wildman–Crippen LogP) is 6.29. The van der Waals surface area contributed by atoms with Crippen molar-refractivity contribution in [3.05, 3.63) is 96.7 Å². The van der Waals surface area contributed by atoms with Crippen LogP contribution in [-0.2, 0) is 16.1 Å². The van der Waals surface area contributed by atoms with Crippen molar-refractivity contribution in [3.63, 3.8) is 0 Å². The molecule has 0 bridgehead atoms. The maximum atomic E-state index is 12.4. The molecule has 0 saturated carbocycles. The molecule has 0 atom stereocenters. The molecule has 1 aliphatic heterocycles. The second kappa shape index (κ2) is 9.87. The minimum Gasteiger partial charge on any atom is -0.493 e. The lowest BCUT2D eigenvalue weighted by Gasteiger charge is -2.13. The highest BCUT2D eigenvalue weighted by Gasteiger charge is 2.25. The summed E-state index contributed by atoms with van der Waals surface area (Å²) < 4.78 is 18.7. The summed E-state index contributed by atoms with van der Waals surface area (Å²) in [5.41, 5.74) is 3.87. The Labute approximate surface area is 208 Å². The molecule has 0 N–H and O–H groups in total. The van der Waals surface area contributed by atoms with Gasteiger partial charge in [-0.2, -0.15) is 0 Å². The third-order valence-electron chi connectivity index (χ3n) is 4.81. The normalized spacial score (nSPS) is 14.3. The van der Waals surface area contributed by atoms with Crippen LogP contribution in [0.15, 0.2) is 75.8 Å². The third-order valence-corrected chi connectivity index (χ3v) is 6.61. The summed E-state index contributed by atoms with van der Waals surface area (Å²) in [7, 11) is 1.58. The van der Waals surface area contributed by atoms with Crippen LogP contribution in [0.4, 0.5) is 0 Å². The standard InChI is InChI=1S/C25H19BrINO4/c1-15-10-18(8-9-20(15)27)24-28-21(25(29)32-24)12-17-11-19(26)23(22(13-17)30-2)31-14-16-6-4-3-5-7-16/h3-13H,14H2,1-2H3/b21-12-. The van der Waals surface area contributed by atoms with E-state index < -0.39 is 5.97 Å². The second-order valence-corrected chi connectivity index (χ2v) is 9.12. The molecule has 1 heterocycles. The van der Waals surface area contributed by atoms with E-state index in [1.54, 1.807) is 19.3 Å². The molecule has 162 valence electrons. The molecule has 32 heavy (non-hydrogen) atoms. The van der Waals surface area contributed by atoms with Gasteiger partial charge in [0.15, 0.2) is 17.2 Å². The van der Waals surface area contributed by atoms with E-state index in [1.807, 2.05) is 61.5 Å². The Morgan fingerprint density at radius 3 is 2.62 bits per heavy atom. The maximum absolute atomic E-state index is 12.4. The van der Waals surface area contributed by atoms with Crippen molar-refractivity contribution in [1.29, 1.82) is 0 Å². The molecule has 1 aliphatic rings. The van der Waals surface area contributed by atoms with Gasteiger partial charge in [-0.3, -0.25) is 0 Å². The summed E-state index contributed by atoms with van der Waals surface area (Å²) in [5, 5.41) is 0. The minimum absolute atomic E-state index is 0.225. The number of aryl methyl sites for hydroxylation is 1. The van der Waals surface area contributed by atoms with Crippen molar-refractivity contribution in [1.82, 2.24) is 0 Å². The van der Waals surface area contributed by atoms with Gasteiger partial charge in [0.05, 0.1) is 11.6 Å². The quantitative estimate of drug-likeness (QED) is 0.189. The van der Waals surface area contributed by atoms with Crippen molar-refractivity contribution in [3.8, 4) is 11.5 Å². The van der Waals surface area contributed by atoms with Crippen LogP contribution in [-0.4, -0.2) is 19.0 Å². The van der Waals surface area contributed by atoms with Gasteiger partial charge in [0.25, 0.3) is 0 Å². The summed E-state index contributed by atoms with van der Waals surface area (Å²) >= 11 is 5.82. The highest BCUT2D eigenvalue weighted by molar-refractivity contribution is 14.1. The molecular formula is C25H19BrINO4. The van der Waals surface area contributed by atoms with Crippen LogP contribution in [0.2, 0.25) is 0 Å². The minimum atomic E-state index is -0.490. The van der Waals surface area contributed by atoms with E-state index in [1.165, 1.54) is 0 Å². The Balaban J connectivity index is 1.60. The Kier molecular flexibility index (Phi) is 6.95. The number of cyclic esters (lactones) is 1. The molecule has 0 unspecified atom stereocenters. The first-order valence-electron chi connectivity index (χ1n) is 9.78. The molecule has 3 aromatic carbocycles. The first-order chi connectivity index (χ1) is 15.4. The van der Waals surface area contributed by atoms with Crippen LogP contribution in [0, 0.1) is 10.5 Å². The highest BCUT2D eigenvalue weighted by atomic mass is 127.